The van der Waals surface area contributed by atoms with Crippen LogP contribution in [0.15, 0.2) is 57.9 Å². The molecule has 0 bridgehead atoms. The predicted molar refractivity (Wildman–Crippen MR) is 130 cm³/mol. The summed E-state index contributed by atoms with van der Waals surface area (Å²) < 4.78 is 6.28. The van der Waals surface area contributed by atoms with E-state index in [4.69, 9.17) is 17.0 Å². The number of anilines is 1. The van der Waals surface area contributed by atoms with Gasteiger partial charge in [-0.3, -0.25) is 14.5 Å². The van der Waals surface area contributed by atoms with Crippen LogP contribution in [0.1, 0.15) is 29.3 Å². The molecule has 2 aromatic rings. The number of nitrogens with one attached hydrogen (secondary N) is 1. The van der Waals surface area contributed by atoms with Gasteiger partial charge in [-0.05, 0) is 55.0 Å². The zero-order valence-electron chi connectivity index (χ0n) is 16.6. The summed E-state index contributed by atoms with van der Waals surface area (Å²) in [6, 6.07) is 14.0. The minimum absolute atomic E-state index is 0.0935. The number of ether oxygens (including phenoxy) is 1. The van der Waals surface area contributed by atoms with Gasteiger partial charge < -0.3 is 10.1 Å². The SMILES string of the molecule is CCOC(=O)c1ccc(NC(=O)CCN2C(=O)C(=Cc3cccc(Br)c3)SC2=S)cc1. The fourth-order valence-electron chi connectivity index (χ4n) is 2.78. The zero-order chi connectivity index (χ0) is 22.4. The van der Waals surface area contributed by atoms with E-state index in [-0.39, 0.29) is 24.8 Å². The minimum atomic E-state index is -0.411. The lowest BCUT2D eigenvalue weighted by atomic mass is 10.2. The first kappa shape index (κ1) is 23.2. The van der Waals surface area contributed by atoms with Gasteiger partial charge in [-0.1, -0.05) is 52.0 Å². The second-order valence-electron chi connectivity index (χ2n) is 6.48. The Morgan fingerprint density at radius 2 is 1.97 bits per heavy atom. The molecule has 160 valence electrons. The number of hydrogen-bond acceptors (Lipinski definition) is 6. The molecule has 0 unspecified atom stereocenters. The van der Waals surface area contributed by atoms with Gasteiger partial charge in [-0.2, -0.15) is 0 Å². The van der Waals surface area contributed by atoms with Gasteiger partial charge in [0.15, 0.2) is 0 Å². The molecule has 0 aromatic heterocycles. The lowest BCUT2D eigenvalue weighted by Gasteiger charge is -2.14. The molecule has 1 heterocycles. The minimum Gasteiger partial charge on any atom is -0.462 e. The third-order valence-electron chi connectivity index (χ3n) is 4.26. The number of carbonyl (C=O) groups excluding carboxylic acids is 3. The van der Waals surface area contributed by atoms with Crippen LogP contribution in [0, 0.1) is 0 Å². The van der Waals surface area contributed by atoms with Crippen molar-refractivity contribution in [2.75, 3.05) is 18.5 Å². The van der Waals surface area contributed by atoms with Crippen LogP contribution in [0.5, 0.6) is 0 Å². The number of nitrogens with zero attached hydrogens (tertiary/aromatic N) is 1. The number of rotatable bonds is 7. The number of amides is 2. The summed E-state index contributed by atoms with van der Waals surface area (Å²) in [5.41, 5.74) is 1.85. The van der Waals surface area contributed by atoms with E-state index in [1.165, 1.54) is 16.7 Å². The summed E-state index contributed by atoms with van der Waals surface area (Å²) >= 11 is 9.96. The molecule has 31 heavy (non-hydrogen) atoms. The fraction of sp³-hybridized carbons (Fsp3) is 0.182. The highest BCUT2D eigenvalue weighted by Crippen LogP contribution is 2.33. The van der Waals surface area contributed by atoms with Crippen molar-refractivity contribution >= 4 is 73.8 Å². The summed E-state index contributed by atoms with van der Waals surface area (Å²) in [6.07, 6.45) is 1.88. The van der Waals surface area contributed by atoms with Crippen molar-refractivity contribution in [3.05, 3.63) is 69.0 Å². The molecule has 2 amide bonds. The lowest BCUT2D eigenvalue weighted by Crippen LogP contribution is -2.31. The number of esters is 1. The van der Waals surface area contributed by atoms with Crippen LogP contribution in [-0.4, -0.2) is 40.2 Å². The molecule has 3 rings (SSSR count). The standard InChI is InChI=1S/C22H19BrN2O4S2/c1-2-29-21(28)15-6-8-17(9-7-15)24-19(26)10-11-25-20(27)18(31-22(25)30)13-14-4-3-5-16(23)12-14/h3-9,12-13H,2,10-11H2,1H3,(H,24,26). The lowest BCUT2D eigenvalue weighted by molar-refractivity contribution is -0.122. The Balaban J connectivity index is 1.55. The van der Waals surface area contributed by atoms with Gasteiger partial charge in [-0.25, -0.2) is 4.79 Å². The molecule has 0 atom stereocenters. The third kappa shape index (κ3) is 6.25. The van der Waals surface area contributed by atoms with Gasteiger partial charge in [-0.15, -0.1) is 0 Å². The predicted octanol–water partition coefficient (Wildman–Crippen LogP) is 4.86. The fourth-order valence-corrected chi connectivity index (χ4v) is 4.51. The van der Waals surface area contributed by atoms with Gasteiger partial charge in [0.25, 0.3) is 5.91 Å². The van der Waals surface area contributed by atoms with E-state index in [9.17, 15) is 14.4 Å². The highest BCUT2D eigenvalue weighted by atomic mass is 79.9. The van der Waals surface area contributed by atoms with E-state index in [1.54, 1.807) is 37.3 Å². The summed E-state index contributed by atoms with van der Waals surface area (Å²) in [5, 5.41) is 2.75. The first-order valence-corrected chi connectivity index (χ1v) is 11.5. The Morgan fingerprint density at radius 3 is 2.65 bits per heavy atom. The maximum Gasteiger partial charge on any atom is 0.338 e. The van der Waals surface area contributed by atoms with Crippen molar-refractivity contribution < 1.29 is 19.1 Å². The van der Waals surface area contributed by atoms with Crippen LogP contribution >= 0.6 is 39.9 Å². The number of thiocarbonyl (C=S) groups is 1. The number of benzene rings is 2. The van der Waals surface area contributed by atoms with Crippen molar-refractivity contribution in [3.8, 4) is 0 Å². The molecule has 1 aliphatic rings. The van der Waals surface area contributed by atoms with Gasteiger partial charge >= 0.3 is 5.97 Å². The smallest absolute Gasteiger partial charge is 0.338 e. The Bertz CT molecular complexity index is 1050. The first-order valence-electron chi connectivity index (χ1n) is 9.45. The van der Waals surface area contributed by atoms with Gasteiger partial charge in [0, 0.05) is 23.1 Å². The average Bonchev–Trinajstić information content (AvgIpc) is 2.99. The van der Waals surface area contributed by atoms with Gasteiger partial charge in [0.2, 0.25) is 5.91 Å². The van der Waals surface area contributed by atoms with Crippen molar-refractivity contribution in [1.82, 2.24) is 4.90 Å². The van der Waals surface area contributed by atoms with Crippen LogP contribution in [0.25, 0.3) is 6.08 Å². The Hall–Kier alpha value is -2.49. The number of halogens is 1. The molecule has 1 saturated heterocycles. The quantitative estimate of drug-likeness (QED) is 0.320. The highest BCUT2D eigenvalue weighted by Gasteiger charge is 2.32. The van der Waals surface area contributed by atoms with E-state index in [0.29, 0.717) is 27.1 Å². The average molecular weight is 519 g/mol. The van der Waals surface area contributed by atoms with Crippen LogP contribution in [0.4, 0.5) is 5.69 Å². The van der Waals surface area contributed by atoms with Crippen molar-refractivity contribution in [3.63, 3.8) is 0 Å². The Morgan fingerprint density at radius 1 is 1.23 bits per heavy atom. The highest BCUT2D eigenvalue weighted by molar-refractivity contribution is 9.10. The summed E-state index contributed by atoms with van der Waals surface area (Å²) in [4.78, 5) is 38.6. The second-order valence-corrected chi connectivity index (χ2v) is 9.08. The van der Waals surface area contributed by atoms with Crippen LogP contribution in [-0.2, 0) is 14.3 Å². The third-order valence-corrected chi connectivity index (χ3v) is 6.13. The molecular weight excluding hydrogens is 500 g/mol. The molecule has 1 aliphatic heterocycles. The summed E-state index contributed by atoms with van der Waals surface area (Å²) in [7, 11) is 0. The molecule has 0 radical (unpaired) electrons. The van der Waals surface area contributed by atoms with E-state index < -0.39 is 5.97 Å². The van der Waals surface area contributed by atoms with Crippen molar-refractivity contribution in [2.45, 2.75) is 13.3 Å². The number of hydrogen-bond donors (Lipinski definition) is 1. The van der Waals surface area contributed by atoms with E-state index in [0.717, 1.165) is 10.0 Å². The summed E-state index contributed by atoms with van der Waals surface area (Å²) in [5.74, 6) is -0.874. The van der Waals surface area contributed by atoms with Gasteiger partial charge in [0.1, 0.15) is 4.32 Å². The van der Waals surface area contributed by atoms with Crippen molar-refractivity contribution in [2.24, 2.45) is 0 Å². The molecular formula is C22H19BrN2O4S2. The van der Waals surface area contributed by atoms with Crippen LogP contribution in [0.3, 0.4) is 0 Å². The Kier molecular flexibility index (Phi) is 8.00. The van der Waals surface area contributed by atoms with E-state index >= 15 is 0 Å². The molecule has 6 nitrogen and oxygen atoms in total. The molecule has 0 spiro atoms. The number of carbonyl (C=O) groups is 3. The topological polar surface area (TPSA) is 75.7 Å². The van der Waals surface area contributed by atoms with Crippen LogP contribution in [0.2, 0.25) is 0 Å². The van der Waals surface area contributed by atoms with Crippen LogP contribution < -0.4 is 5.32 Å². The molecule has 0 aliphatic carbocycles. The van der Waals surface area contributed by atoms with Gasteiger partial charge in [0.05, 0.1) is 17.1 Å². The van der Waals surface area contributed by atoms with E-state index in [1.807, 2.05) is 24.3 Å². The molecule has 1 fully saturated rings. The maximum atomic E-state index is 12.7. The van der Waals surface area contributed by atoms with E-state index in [2.05, 4.69) is 21.2 Å². The summed E-state index contributed by atoms with van der Waals surface area (Å²) in [6.45, 7) is 2.22. The maximum absolute atomic E-state index is 12.7. The number of thioether (sulfide) groups is 1. The second kappa shape index (κ2) is 10.7. The largest absolute Gasteiger partial charge is 0.462 e. The molecule has 9 heteroatoms. The zero-order valence-corrected chi connectivity index (χ0v) is 19.8. The monoisotopic (exact) mass is 518 g/mol. The van der Waals surface area contributed by atoms with Crippen molar-refractivity contribution in [1.29, 1.82) is 0 Å². The first-order chi connectivity index (χ1) is 14.9. The normalized spacial score (nSPS) is 14.8. The molecule has 0 saturated carbocycles. The molecule has 1 N–H and O–H groups in total. The Labute approximate surface area is 198 Å². The molecule has 2 aromatic carbocycles.